The van der Waals surface area contributed by atoms with Crippen LogP contribution in [-0.2, 0) is 24.9 Å². The zero-order valence-electron chi connectivity index (χ0n) is 16.2. The molecule has 0 fully saturated rings. The van der Waals surface area contributed by atoms with Gasteiger partial charge in [0.1, 0.15) is 5.76 Å². The molecule has 0 saturated carbocycles. The summed E-state index contributed by atoms with van der Waals surface area (Å²) < 4.78 is 10.3. The van der Waals surface area contributed by atoms with Gasteiger partial charge < -0.3 is 19.9 Å². The highest BCUT2D eigenvalue weighted by Gasteiger charge is 2.18. The number of thioether (sulfide) groups is 1. The number of carbonyl (C=O) groups excluding carboxylic acids is 3. The van der Waals surface area contributed by atoms with Crippen LogP contribution in [0, 0.1) is 13.8 Å². The van der Waals surface area contributed by atoms with Gasteiger partial charge in [0.25, 0.3) is 5.91 Å². The lowest BCUT2D eigenvalue weighted by Gasteiger charge is -2.14. The van der Waals surface area contributed by atoms with E-state index in [1.165, 1.54) is 25.6 Å². The average Bonchev–Trinajstić information content (AvgIpc) is 2.94. The molecule has 0 aliphatic rings. The standard InChI is InChI=1S/C19H23N3O5S/c1-11-17(12(2)27-22-11)9-28-10-18(24)26-13(3)19(25)21-16-7-5-15(6-8-16)20-14(4)23/h5-8,13H,9-10H2,1-4H3,(H,20,23)(H,21,25)/t13-/m0/s1. The van der Waals surface area contributed by atoms with Crippen molar-refractivity contribution in [2.24, 2.45) is 0 Å². The normalized spacial score (nSPS) is 11.6. The third-order valence-corrected chi connectivity index (χ3v) is 4.73. The van der Waals surface area contributed by atoms with E-state index in [1.807, 2.05) is 13.8 Å². The van der Waals surface area contributed by atoms with Crippen molar-refractivity contribution >= 4 is 40.9 Å². The van der Waals surface area contributed by atoms with Crippen molar-refractivity contribution < 1.29 is 23.6 Å². The van der Waals surface area contributed by atoms with Gasteiger partial charge in [-0.15, -0.1) is 11.8 Å². The Morgan fingerprint density at radius 1 is 1.14 bits per heavy atom. The van der Waals surface area contributed by atoms with E-state index in [-0.39, 0.29) is 11.7 Å². The number of rotatable bonds is 8. The van der Waals surface area contributed by atoms with Crippen molar-refractivity contribution in [3.8, 4) is 0 Å². The first kappa shape index (κ1) is 21.5. The summed E-state index contributed by atoms with van der Waals surface area (Å²) in [5, 5.41) is 9.17. The summed E-state index contributed by atoms with van der Waals surface area (Å²) in [5.41, 5.74) is 2.93. The molecule has 0 radical (unpaired) electrons. The largest absolute Gasteiger partial charge is 0.452 e. The highest BCUT2D eigenvalue weighted by atomic mass is 32.2. The molecule has 150 valence electrons. The van der Waals surface area contributed by atoms with Crippen LogP contribution in [0.2, 0.25) is 0 Å². The molecule has 28 heavy (non-hydrogen) atoms. The van der Waals surface area contributed by atoms with Gasteiger partial charge in [-0.1, -0.05) is 5.16 Å². The van der Waals surface area contributed by atoms with Crippen molar-refractivity contribution in [1.82, 2.24) is 5.16 Å². The quantitative estimate of drug-likeness (QED) is 0.649. The molecule has 0 saturated heterocycles. The number of hydrogen-bond donors (Lipinski definition) is 2. The molecule has 1 heterocycles. The van der Waals surface area contributed by atoms with E-state index < -0.39 is 18.0 Å². The molecule has 2 rings (SSSR count). The second-order valence-corrected chi connectivity index (χ2v) is 7.16. The Balaban J connectivity index is 1.76. The molecular formula is C19H23N3O5S. The van der Waals surface area contributed by atoms with Crippen molar-refractivity contribution in [3.05, 3.63) is 41.3 Å². The first-order chi connectivity index (χ1) is 13.3. The van der Waals surface area contributed by atoms with E-state index in [4.69, 9.17) is 9.26 Å². The molecule has 0 bridgehead atoms. The second-order valence-electron chi connectivity index (χ2n) is 6.18. The van der Waals surface area contributed by atoms with Gasteiger partial charge >= 0.3 is 5.97 Å². The molecular weight excluding hydrogens is 382 g/mol. The topological polar surface area (TPSA) is 111 Å². The fraction of sp³-hybridized carbons (Fsp3) is 0.368. The number of nitrogens with zero attached hydrogens (tertiary/aromatic N) is 1. The van der Waals surface area contributed by atoms with E-state index in [2.05, 4.69) is 15.8 Å². The van der Waals surface area contributed by atoms with E-state index in [0.717, 1.165) is 17.0 Å². The molecule has 9 heteroatoms. The SMILES string of the molecule is CC(=O)Nc1ccc(NC(=O)[C@H](C)OC(=O)CSCc2c(C)noc2C)cc1. The number of amides is 2. The average molecular weight is 405 g/mol. The van der Waals surface area contributed by atoms with Gasteiger partial charge in [0.2, 0.25) is 5.91 Å². The highest BCUT2D eigenvalue weighted by Crippen LogP contribution is 2.20. The second kappa shape index (κ2) is 9.93. The number of hydrogen-bond acceptors (Lipinski definition) is 7. The molecule has 2 N–H and O–H groups in total. The molecule has 0 spiro atoms. The number of aryl methyl sites for hydroxylation is 2. The predicted octanol–water partition coefficient (Wildman–Crippen LogP) is 3.05. The van der Waals surface area contributed by atoms with Gasteiger partial charge in [-0.2, -0.15) is 0 Å². The number of nitrogens with one attached hydrogen (secondary N) is 2. The number of aromatic nitrogens is 1. The Morgan fingerprint density at radius 2 is 1.75 bits per heavy atom. The van der Waals surface area contributed by atoms with Gasteiger partial charge in [0, 0.05) is 29.6 Å². The van der Waals surface area contributed by atoms with Crippen molar-refractivity contribution in [1.29, 1.82) is 0 Å². The van der Waals surface area contributed by atoms with E-state index >= 15 is 0 Å². The van der Waals surface area contributed by atoms with Crippen LogP contribution in [0.4, 0.5) is 11.4 Å². The van der Waals surface area contributed by atoms with Gasteiger partial charge in [-0.25, -0.2) is 0 Å². The van der Waals surface area contributed by atoms with Crippen molar-refractivity contribution in [2.45, 2.75) is 39.6 Å². The molecule has 1 atom stereocenters. The van der Waals surface area contributed by atoms with Crippen LogP contribution in [0.3, 0.4) is 0 Å². The smallest absolute Gasteiger partial charge is 0.316 e. The van der Waals surface area contributed by atoms with E-state index in [1.54, 1.807) is 24.3 Å². The summed E-state index contributed by atoms with van der Waals surface area (Å²) in [7, 11) is 0. The Labute approximate surface area is 167 Å². The zero-order chi connectivity index (χ0) is 20.7. The third kappa shape index (κ3) is 6.41. The van der Waals surface area contributed by atoms with E-state index in [9.17, 15) is 14.4 Å². The van der Waals surface area contributed by atoms with Crippen LogP contribution in [0.5, 0.6) is 0 Å². The van der Waals surface area contributed by atoms with Crippen LogP contribution in [0.15, 0.2) is 28.8 Å². The summed E-state index contributed by atoms with van der Waals surface area (Å²) >= 11 is 1.37. The maximum absolute atomic E-state index is 12.2. The van der Waals surface area contributed by atoms with Crippen LogP contribution < -0.4 is 10.6 Å². The minimum atomic E-state index is -0.929. The van der Waals surface area contributed by atoms with E-state index in [0.29, 0.717) is 17.1 Å². The number of carbonyl (C=O) groups is 3. The van der Waals surface area contributed by atoms with Crippen LogP contribution in [-0.4, -0.2) is 34.8 Å². The molecule has 2 aromatic rings. The first-order valence-corrected chi connectivity index (χ1v) is 9.79. The highest BCUT2D eigenvalue weighted by molar-refractivity contribution is 7.99. The molecule has 0 unspecified atom stereocenters. The number of ether oxygens (including phenoxy) is 1. The van der Waals surface area contributed by atoms with Crippen molar-refractivity contribution in [2.75, 3.05) is 16.4 Å². The predicted molar refractivity (Wildman–Crippen MR) is 107 cm³/mol. The zero-order valence-corrected chi connectivity index (χ0v) is 17.0. The Kier molecular flexibility index (Phi) is 7.62. The maximum atomic E-state index is 12.2. The van der Waals surface area contributed by atoms with Gasteiger partial charge in [-0.3, -0.25) is 14.4 Å². The molecule has 8 nitrogen and oxygen atoms in total. The summed E-state index contributed by atoms with van der Waals surface area (Å²) in [4.78, 5) is 35.1. The molecule has 0 aliphatic heterocycles. The van der Waals surface area contributed by atoms with Crippen LogP contribution in [0.25, 0.3) is 0 Å². The molecule has 0 aliphatic carbocycles. The minimum Gasteiger partial charge on any atom is -0.452 e. The van der Waals surface area contributed by atoms with Crippen LogP contribution in [0.1, 0.15) is 30.9 Å². The molecule has 2 amide bonds. The Bertz CT molecular complexity index is 828. The minimum absolute atomic E-state index is 0.118. The van der Waals surface area contributed by atoms with Crippen molar-refractivity contribution in [3.63, 3.8) is 0 Å². The first-order valence-electron chi connectivity index (χ1n) is 8.63. The lowest BCUT2D eigenvalue weighted by Crippen LogP contribution is -2.30. The lowest BCUT2D eigenvalue weighted by molar-refractivity contribution is -0.150. The maximum Gasteiger partial charge on any atom is 0.316 e. The lowest BCUT2D eigenvalue weighted by atomic mass is 10.2. The van der Waals surface area contributed by atoms with Gasteiger partial charge in [0.05, 0.1) is 11.4 Å². The fourth-order valence-electron chi connectivity index (χ4n) is 2.31. The van der Waals surface area contributed by atoms with Gasteiger partial charge in [-0.05, 0) is 45.0 Å². The number of esters is 1. The summed E-state index contributed by atoms with van der Waals surface area (Å²) in [6, 6.07) is 6.63. The van der Waals surface area contributed by atoms with Gasteiger partial charge in [0.15, 0.2) is 6.10 Å². The fourth-order valence-corrected chi connectivity index (χ4v) is 3.27. The summed E-state index contributed by atoms with van der Waals surface area (Å²) in [6.07, 6.45) is -0.929. The monoisotopic (exact) mass is 405 g/mol. The summed E-state index contributed by atoms with van der Waals surface area (Å²) in [5.74, 6) is 0.349. The van der Waals surface area contributed by atoms with Crippen LogP contribution >= 0.6 is 11.8 Å². The molecule has 1 aromatic carbocycles. The number of benzene rings is 1. The Morgan fingerprint density at radius 3 is 2.29 bits per heavy atom. The molecule has 1 aromatic heterocycles. The Hall–Kier alpha value is -2.81. The summed E-state index contributed by atoms with van der Waals surface area (Å²) in [6.45, 7) is 6.60. The third-order valence-electron chi connectivity index (χ3n) is 3.80. The number of anilines is 2.